The molecule has 0 aromatic carbocycles. The number of likely N-dealkylation sites (tertiary alicyclic amines) is 1. The number of aromatic nitrogens is 2. The van der Waals surface area contributed by atoms with Gasteiger partial charge in [-0.2, -0.15) is 0 Å². The Morgan fingerprint density at radius 3 is 2.88 bits per heavy atom. The second-order valence-electron chi connectivity index (χ2n) is 7.47. The first-order valence-electron chi connectivity index (χ1n) is 8.96. The third kappa shape index (κ3) is 3.62. The summed E-state index contributed by atoms with van der Waals surface area (Å²) in [5, 5.41) is 0. The molecular weight excluding hydrogens is 336 g/mol. The van der Waals surface area contributed by atoms with E-state index in [1.807, 2.05) is 16.6 Å². The minimum absolute atomic E-state index is 0.0539. The van der Waals surface area contributed by atoms with E-state index in [2.05, 4.69) is 28.7 Å². The maximum atomic E-state index is 12.8. The molecule has 1 saturated heterocycles. The third-order valence-electron chi connectivity index (χ3n) is 5.01. The summed E-state index contributed by atoms with van der Waals surface area (Å²) in [6.07, 6.45) is 3.90. The normalized spacial score (nSPS) is 24.3. The van der Waals surface area contributed by atoms with Crippen LogP contribution in [0.3, 0.4) is 0 Å². The average molecular weight is 360 g/mol. The number of fused-ring (bicyclic) bond motifs is 1. The van der Waals surface area contributed by atoms with E-state index in [4.69, 9.17) is 4.42 Å². The Morgan fingerprint density at radius 1 is 1.36 bits per heavy atom. The number of piperidine rings is 1. The summed E-state index contributed by atoms with van der Waals surface area (Å²) in [5.74, 6) is 2.16. The number of hydrogen-bond acceptors (Lipinski definition) is 6. The maximum Gasteiger partial charge on any atom is 0.309 e. The van der Waals surface area contributed by atoms with E-state index in [0.717, 1.165) is 50.6 Å². The van der Waals surface area contributed by atoms with Crippen LogP contribution >= 0.6 is 11.3 Å². The molecule has 1 fully saturated rings. The fraction of sp³-hybridized carbons (Fsp3) is 0.611. The minimum atomic E-state index is -0.0539. The maximum absolute atomic E-state index is 12.8. The zero-order valence-electron chi connectivity index (χ0n) is 14.8. The van der Waals surface area contributed by atoms with E-state index in [1.165, 1.54) is 11.3 Å². The predicted octanol–water partition coefficient (Wildman–Crippen LogP) is 2.81. The Hall–Kier alpha value is -1.73. The second kappa shape index (κ2) is 6.88. The standard InChI is InChI=1S/C18H24N4O2S/c1-12-5-13(2)8-22(7-12)18(23)17-20-15-10-21(4-3-16(15)24-17)9-14-6-19-11-25-14/h6,11-13H,3-5,7-10H2,1-2H3/t12-,13+. The third-order valence-corrected chi connectivity index (χ3v) is 5.77. The van der Waals surface area contributed by atoms with Gasteiger partial charge in [0.2, 0.25) is 0 Å². The molecule has 0 bridgehead atoms. The van der Waals surface area contributed by atoms with Crippen molar-refractivity contribution >= 4 is 17.2 Å². The number of carbonyl (C=O) groups excluding carboxylic acids is 1. The molecule has 4 rings (SSSR count). The van der Waals surface area contributed by atoms with E-state index < -0.39 is 0 Å². The van der Waals surface area contributed by atoms with E-state index in [9.17, 15) is 4.79 Å². The first-order valence-corrected chi connectivity index (χ1v) is 9.84. The van der Waals surface area contributed by atoms with Gasteiger partial charge in [0.15, 0.2) is 0 Å². The predicted molar refractivity (Wildman–Crippen MR) is 95.3 cm³/mol. The smallest absolute Gasteiger partial charge is 0.309 e. The summed E-state index contributed by atoms with van der Waals surface area (Å²) < 4.78 is 5.84. The highest BCUT2D eigenvalue weighted by Crippen LogP contribution is 2.25. The molecule has 0 spiro atoms. The molecule has 0 radical (unpaired) electrons. The summed E-state index contributed by atoms with van der Waals surface area (Å²) in [6, 6.07) is 0. The zero-order chi connectivity index (χ0) is 17.4. The molecule has 25 heavy (non-hydrogen) atoms. The number of carbonyl (C=O) groups is 1. The average Bonchev–Trinajstić information content (AvgIpc) is 3.22. The molecule has 7 heteroatoms. The van der Waals surface area contributed by atoms with Gasteiger partial charge in [0.1, 0.15) is 5.76 Å². The molecular formula is C18H24N4O2S. The lowest BCUT2D eigenvalue weighted by Crippen LogP contribution is -2.42. The Morgan fingerprint density at radius 2 is 2.16 bits per heavy atom. The van der Waals surface area contributed by atoms with Crippen molar-refractivity contribution in [1.82, 2.24) is 19.8 Å². The van der Waals surface area contributed by atoms with E-state index in [0.29, 0.717) is 11.8 Å². The number of oxazole rings is 1. The topological polar surface area (TPSA) is 62.5 Å². The minimum Gasteiger partial charge on any atom is -0.437 e. The fourth-order valence-corrected chi connectivity index (χ4v) is 4.62. The van der Waals surface area contributed by atoms with Crippen molar-refractivity contribution in [1.29, 1.82) is 0 Å². The summed E-state index contributed by atoms with van der Waals surface area (Å²) in [7, 11) is 0. The molecule has 4 heterocycles. The van der Waals surface area contributed by atoms with Crippen LogP contribution < -0.4 is 0 Å². The van der Waals surface area contributed by atoms with Crippen molar-refractivity contribution in [3.8, 4) is 0 Å². The van der Waals surface area contributed by atoms with Gasteiger partial charge in [-0.3, -0.25) is 14.7 Å². The molecule has 2 aromatic rings. The first kappa shape index (κ1) is 16.7. The molecule has 0 unspecified atom stereocenters. The van der Waals surface area contributed by atoms with Crippen molar-refractivity contribution in [2.75, 3.05) is 19.6 Å². The monoisotopic (exact) mass is 360 g/mol. The Balaban J connectivity index is 1.45. The zero-order valence-corrected chi connectivity index (χ0v) is 15.6. The lowest BCUT2D eigenvalue weighted by Gasteiger charge is -2.34. The van der Waals surface area contributed by atoms with Gasteiger partial charge in [-0.15, -0.1) is 11.3 Å². The van der Waals surface area contributed by atoms with Gasteiger partial charge in [0.05, 0.1) is 11.2 Å². The lowest BCUT2D eigenvalue weighted by atomic mass is 9.92. The Labute approximate surface area is 151 Å². The van der Waals surface area contributed by atoms with Crippen LogP contribution in [0.25, 0.3) is 0 Å². The SMILES string of the molecule is C[C@@H]1C[C@H](C)CN(C(=O)c2nc3c(o2)CCN(Cc2cncs2)C3)C1. The van der Waals surface area contributed by atoms with Crippen LogP contribution in [0.15, 0.2) is 16.1 Å². The molecule has 134 valence electrons. The number of amides is 1. The van der Waals surface area contributed by atoms with Crippen molar-refractivity contribution in [2.24, 2.45) is 11.8 Å². The lowest BCUT2D eigenvalue weighted by molar-refractivity contribution is 0.0581. The van der Waals surface area contributed by atoms with Crippen LogP contribution in [0.1, 0.15) is 47.3 Å². The van der Waals surface area contributed by atoms with Gasteiger partial charge in [-0.25, -0.2) is 4.98 Å². The van der Waals surface area contributed by atoms with Crippen LogP contribution in [0, 0.1) is 11.8 Å². The van der Waals surface area contributed by atoms with Gasteiger partial charge in [0.25, 0.3) is 5.89 Å². The van der Waals surface area contributed by atoms with Gasteiger partial charge in [0, 0.05) is 50.2 Å². The van der Waals surface area contributed by atoms with Crippen molar-refractivity contribution in [3.05, 3.63) is 33.9 Å². The van der Waals surface area contributed by atoms with Crippen LogP contribution in [0.5, 0.6) is 0 Å². The van der Waals surface area contributed by atoms with E-state index >= 15 is 0 Å². The second-order valence-corrected chi connectivity index (χ2v) is 8.44. The van der Waals surface area contributed by atoms with Crippen LogP contribution in [0.2, 0.25) is 0 Å². The Bertz CT molecular complexity index is 732. The number of nitrogens with zero attached hydrogens (tertiary/aromatic N) is 4. The summed E-state index contributed by atoms with van der Waals surface area (Å²) >= 11 is 1.67. The number of hydrogen-bond donors (Lipinski definition) is 0. The highest BCUT2D eigenvalue weighted by atomic mass is 32.1. The molecule has 2 aromatic heterocycles. The van der Waals surface area contributed by atoms with Crippen LogP contribution in [-0.2, 0) is 19.5 Å². The molecule has 0 saturated carbocycles. The molecule has 2 atom stereocenters. The summed E-state index contributed by atoms with van der Waals surface area (Å²) in [5.41, 5.74) is 2.77. The van der Waals surface area contributed by atoms with Crippen molar-refractivity contribution < 1.29 is 9.21 Å². The van der Waals surface area contributed by atoms with E-state index in [1.54, 1.807) is 11.3 Å². The molecule has 1 amide bonds. The van der Waals surface area contributed by atoms with Crippen molar-refractivity contribution in [2.45, 2.75) is 39.8 Å². The molecule has 2 aliphatic rings. The molecule has 0 aliphatic carbocycles. The summed E-state index contributed by atoms with van der Waals surface area (Å²) in [4.78, 5) is 27.0. The highest BCUT2D eigenvalue weighted by molar-refractivity contribution is 7.09. The molecule has 2 aliphatic heterocycles. The summed E-state index contributed by atoms with van der Waals surface area (Å²) in [6.45, 7) is 8.53. The number of rotatable bonds is 3. The van der Waals surface area contributed by atoms with Crippen LogP contribution in [0.4, 0.5) is 0 Å². The van der Waals surface area contributed by atoms with Gasteiger partial charge < -0.3 is 9.32 Å². The highest BCUT2D eigenvalue weighted by Gasteiger charge is 2.31. The first-order chi connectivity index (χ1) is 12.1. The van der Waals surface area contributed by atoms with E-state index in [-0.39, 0.29) is 11.8 Å². The quantitative estimate of drug-likeness (QED) is 0.842. The Kier molecular flexibility index (Phi) is 4.60. The molecule has 6 nitrogen and oxygen atoms in total. The van der Waals surface area contributed by atoms with Gasteiger partial charge >= 0.3 is 5.91 Å². The largest absolute Gasteiger partial charge is 0.437 e. The number of thiazole rings is 1. The van der Waals surface area contributed by atoms with Crippen LogP contribution in [-0.4, -0.2) is 45.3 Å². The van der Waals surface area contributed by atoms with Crippen molar-refractivity contribution in [3.63, 3.8) is 0 Å². The van der Waals surface area contributed by atoms with Gasteiger partial charge in [-0.1, -0.05) is 13.8 Å². The fourth-order valence-electron chi connectivity index (χ4n) is 3.98. The molecule has 0 N–H and O–H groups in total. The van der Waals surface area contributed by atoms with Gasteiger partial charge in [-0.05, 0) is 18.3 Å².